The summed E-state index contributed by atoms with van der Waals surface area (Å²) in [5.41, 5.74) is 6.59. The number of benzene rings is 1. The number of imide groups is 1. The van der Waals surface area contributed by atoms with E-state index in [1.165, 1.54) is 4.90 Å². The van der Waals surface area contributed by atoms with Crippen LogP contribution in [-0.2, 0) is 20.9 Å². The molecule has 152 valence electrons. The van der Waals surface area contributed by atoms with Crippen molar-refractivity contribution in [2.75, 3.05) is 19.7 Å². The monoisotopic (exact) mass is 410 g/mol. The Hall–Kier alpha value is -2.65. The average Bonchev–Trinajstić information content (AvgIpc) is 2.96. The van der Waals surface area contributed by atoms with E-state index in [4.69, 9.17) is 10.5 Å². The Morgan fingerprint density at radius 1 is 1.32 bits per heavy atom. The summed E-state index contributed by atoms with van der Waals surface area (Å²) in [7, 11) is 0. The van der Waals surface area contributed by atoms with E-state index < -0.39 is 11.9 Å². The molecule has 9 nitrogen and oxygen atoms in total. The van der Waals surface area contributed by atoms with E-state index in [0.29, 0.717) is 37.2 Å². The lowest BCUT2D eigenvalue weighted by Crippen LogP contribution is -2.52. The van der Waals surface area contributed by atoms with Crippen LogP contribution in [0.1, 0.15) is 35.2 Å². The molecule has 0 radical (unpaired) electrons. The molecule has 1 atom stereocenters. The Bertz CT molecular complexity index is 785. The smallest absolute Gasteiger partial charge is 0.257 e. The summed E-state index contributed by atoms with van der Waals surface area (Å²) in [6.45, 7) is 1.14. The number of nitrogens with one attached hydrogen (secondary N) is 2. The van der Waals surface area contributed by atoms with Gasteiger partial charge in [-0.3, -0.25) is 24.5 Å². The van der Waals surface area contributed by atoms with Crippen LogP contribution in [0.3, 0.4) is 0 Å². The number of nitrogens with two attached hydrogens (primary N) is 1. The van der Waals surface area contributed by atoms with Gasteiger partial charge in [-0.25, -0.2) is 0 Å². The largest absolute Gasteiger partial charge is 0.484 e. The number of hydrogen-bond donors (Lipinski definition) is 3. The van der Waals surface area contributed by atoms with Crippen molar-refractivity contribution in [1.82, 2.24) is 15.5 Å². The van der Waals surface area contributed by atoms with E-state index in [2.05, 4.69) is 10.6 Å². The Morgan fingerprint density at radius 2 is 2.11 bits per heavy atom. The van der Waals surface area contributed by atoms with Gasteiger partial charge >= 0.3 is 0 Å². The first-order valence-corrected chi connectivity index (χ1v) is 8.86. The molecule has 28 heavy (non-hydrogen) atoms. The number of carbonyl (C=O) groups is 4. The fourth-order valence-corrected chi connectivity index (χ4v) is 3.17. The maximum atomic E-state index is 12.6. The highest BCUT2D eigenvalue weighted by Crippen LogP contribution is 2.30. The van der Waals surface area contributed by atoms with Crippen molar-refractivity contribution in [3.05, 3.63) is 29.3 Å². The SMILES string of the molecule is Cl.NCCCNC(=O)COc1ccc2c(c1)CN(C1CCC(=O)NC1=O)C2=O. The molecule has 1 fully saturated rings. The summed E-state index contributed by atoms with van der Waals surface area (Å²) in [6.07, 6.45) is 1.23. The number of halogens is 1. The van der Waals surface area contributed by atoms with Gasteiger partial charge in [-0.1, -0.05) is 0 Å². The molecule has 0 bridgehead atoms. The normalized spacial score (nSPS) is 18.2. The van der Waals surface area contributed by atoms with Gasteiger partial charge in [0.2, 0.25) is 11.8 Å². The summed E-state index contributed by atoms with van der Waals surface area (Å²) in [6, 6.07) is 4.30. The summed E-state index contributed by atoms with van der Waals surface area (Å²) >= 11 is 0. The zero-order valence-corrected chi connectivity index (χ0v) is 16.0. The molecule has 2 heterocycles. The maximum absolute atomic E-state index is 12.6. The van der Waals surface area contributed by atoms with Gasteiger partial charge in [-0.2, -0.15) is 0 Å². The summed E-state index contributed by atoms with van der Waals surface area (Å²) in [4.78, 5) is 49.1. The van der Waals surface area contributed by atoms with Crippen LogP contribution in [0.2, 0.25) is 0 Å². The van der Waals surface area contributed by atoms with E-state index in [9.17, 15) is 19.2 Å². The van der Waals surface area contributed by atoms with Crippen molar-refractivity contribution >= 4 is 36.0 Å². The second-order valence-corrected chi connectivity index (χ2v) is 6.50. The fourth-order valence-electron chi connectivity index (χ4n) is 3.17. The van der Waals surface area contributed by atoms with Crippen LogP contribution in [0.15, 0.2) is 18.2 Å². The molecule has 0 aliphatic carbocycles. The number of rotatable bonds is 7. The van der Waals surface area contributed by atoms with Crippen molar-refractivity contribution in [2.24, 2.45) is 5.73 Å². The second kappa shape index (κ2) is 9.52. The van der Waals surface area contributed by atoms with Crippen LogP contribution in [0.5, 0.6) is 5.75 Å². The predicted molar refractivity (Wildman–Crippen MR) is 102 cm³/mol. The summed E-state index contributed by atoms with van der Waals surface area (Å²) in [5, 5.41) is 4.96. The Labute approximate surface area is 168 Å². The molecule has 2 aliphatic rings. The van der Waals surface area contributed by atoms with Gasteiger partial charge in [0, 0.05) is 25.1 Å². The average molecular weight is 411 g/mol. The Balaban J connectivity index is 0.00000280. The zero-order chi connectivity index (χ0) is 19.4. The fraction of sp³-hybridized carbons (Fsp3) is 0.444. The molecule has 1 aromatic carbocycles. The van der Waals surface area contributed by atoms with E-state index >= 15 is 0 Å². The molecule has 4 N–H and O–H groups in total. The molecular formula is C18H23ClN4O5. The minimum absolute atomic E-state index is 0. The third kappa shape index (κ3) is 4.79. The lowest BCUT2D eigenvalue weighted by molar-refractivity contribution is -0.137. The van der Waals surface area contributed by atoms with Crippen molar-refractivity contribution in [3.63, 3.8) is 0 Å². The van der Waals surface area contributed by atoms with Crippen LogP contribution in [0.4, 0.5) is 0 Å². The zero-order valence-electron chi connectivity index (χ0n) is 15.2. The minimum atomic E-state index is -0.653. The molecule has 10 heteroatoms. The number of amides is 4. The van der Waals surface area contributed by atoms with E-state index in [1.807, 2.05) is 0 Å². The van der Waals surface area contributed by atoms with Gasteiger partial charge in [0.1, 0.15) is 11.8 Å². The van der Waals surface area contributed by atoms with Crippen LogP contribution < -0.4 is 21.1 Å². The summed E-state index contributed by atoms with van der Waals surface area (Å²) in [5.74, 6) is -0.782. The van der Waals surface area contributed by atoms with Crippen LogP contribution >= 0.6 is 12.4 Å². The molecule has 2 aliphatic heterocycles. The number of nitrogens with zero attached hydrogens (tertiary/aromatic N) is 1. The molecule has 1 aromatic rings. The first kappa shape index (κ1) is 21.6. The molecule has 4 amide bonds. The molecule has 3 rings (SSSR count). The Morgan fingerprint density at radius 3 is 2.82 bits per heavy atom. The van der Waals surface area contributed by atoms with Gasteiger partial charge in [0.05, 0.1) is 0 Å². The van der Waals surface area contributed by atoms with Crippen molar-refractivity contribution in [2.45, 2.75) is 31.8 Å². The molecule has 0 saturated carbocycles. The van der Waals surface area contributed by atoms with Crippen molar-refractivity contribution < 1.29 is 23.9 Å². The van der Waals surface area contributed by atoms with E-state index in [-0.39, 0.29) is 49.7 Å². The van der Waals surface area contributed by atoms with Gasteiger partial charge < -0.3 is 20.7 Å². The van der Waals surface area contributed by atoms with E-state index in [0.717, 1.165) is 5.56 Å². The highest BCUT2D eigenvalue weighted by atomic mass is 35.5. The number of ether oxygens (including phenoxy) is 1. The van der Waals surface area contributed by atoms with Crippen LogP contribution in [0, 0.1) is 0 Å². The van der Waals surface area contributed by atoms with Gasteiger partial charge in [0.15, 0.2) is 6.61 Å². The molecular weight excluding hydrogens is 388 g/mol. The van der Waals surface area contributed by atoms with Gasteiger partial charge in [-0.05, 0) is 43.1 Å². The molecule has 0 spiro atoms. The van der Waals surface area contributed by atoms with E-state index in [1.54, 1.807) is 18.2 Å². The molecule has 0 aromatic heterocycles. The molecule has 1 unspecified atom stereocenters. The standard InChI is InChI=1S/C18H22N4O5.ClH/c19-6-1-7-20-16(24)10-27-12-2-3-13-11(8-12)9-22(18(13)26)14-4-5-15(23)21-17(14)25;/h2-3,8,14H,1,4-7,9-10,19H2,(H,20,24)(H,21,23,25);1H. The minimum Gasteiger partial charge on any atom is -0.484 e. The van der Waals surface area contributed by atoms with Crippen LogP contribution in [0.25, 0.3) is 0 Å². The first-order valence-electron chi connectivity index (χ1n) is 8.86. The quantitative estimate of drug-likeness (QED) is 0.418. The maximum Gasteiger partial charge on any atom is 0.257 e. The number of carbonyl (C=O) groups excluding carboxylic acids is 4. The van der Waals surface area contributed by atoms with Crippen molar-refractivity contribution in [1.29, 1.82) is 0 Å². The van der Waals surface area contributed by atoms with Crippen LogP contribution in [-0.4, -0.2) is 54.3 Å². The topological polar surface area (TPSA) is 131 Å². The lowest BCUT2D eigenvalue weighted by atomic mass is 10.0. The van der Waals surface area contributed by atoms with Gasteiger partial charge in [-0.15, -0.1) is 12.4 Å². The lowest BCUT2D eigenvalue weighted by Gasteiger charge is -2.29. The highest BCUT2D eigenvalue weighted by Gasteiger charge is 2.39. The number of fused-ring (bicyclic) bond motifs is 1. The third-order valence-corrected chi connectivity index (χ3v) is 4.57. The molecule has 1 saturated heterocycles. The second-order valence-electron chi connectivity index (χ2n) is 6.50. The number of hydrogen-bond acceptors (Lipinski definition) is 6. The first-order chi connectivity index (χ1) is 13.0. The predicted octanol–water partition coefficient (Wildman–Crippen LogP) is -0.287. The highest BCUT2D eigenvalue weighted by molar-refractivity contribution is 6.05. The summed E-state index contributed by atoms with van der Waals surface area (Å²) < 4.78 is 5.48. The van der Waals surface area contributed by atoms with Crippen molar-refractivity contribution in [3.8, 4) is 5.75 Å². The third-order valence-electron chi connectivity index (χ3n) is 4.57. The number of piperidine rings is 1. The van der Waals surface area contributed by atoms with Gasteiger partial charge in [0.25, 0.3) is 11.8 Å². The Kier molecular flexibility index (Phi) is 7.36.